The van der Waals surface area contributed by atoms with Crippen molar-refractivity contribution in [3.05, 3.63) is 46.5 Å². The summed E-state index contributed by atoms with van der Waals surface area (Å²) in [6.07, 6.45) is 4.74. The van der Waals surface area contributed by atoms with E-state index in [0.717, 1.165) is 32.0 Å². The predicted molar refractivity (Wildman–Crippen MR) is 142 cm³/mol. The molecule has 0 spiro atoms. The second kappa shape index (κ2) is 10.1. The molecule has 1 aliphatic heterocycles. The van der Waals surface area contributed by atoms with E-state index in [9.17, 15) is 9.59 Å². The molecular weight excluding hydrogens is 460 g/mol. The number of halogens is 1. The number of hydrogen-bond acceptors (Lipinski definition) is 3. The Morgan fingerprint density at radius 3 is 2.43 bits per heavy atom. The highest BCUT2D eigenvalue weighted by Gasteiger charge is 2.51. The van der Waals surface area contributed by atoms with Crippen LogP contribution < -0.4 is 5.32 Å². The zero-order chi connectivity index (χ0) is 25.4. The van der Waals surface area contributed by atoms with E-state index in [1.54, 1.807) is 6.07 Å². The predicted octanol–water partition coefficient (Wildman–Crippen LogP) is 4.90. The van der Waals surface area contributed by atoms with E-state index in [2.05, 4.69) is 30.1 Å². The van der Waals surface area contributed by atoms with Crippen LogP contribution in [0.15, 0.2) is 35.9 Å². The molecule has 7 heteroatoms. The molecule has 1 heterocycles. The van der Waals surface area contributed by atoms with Gasteiger partial charge in [0, 0.05) is 51.4 Å². The molecule has 1 aromatic rings. The maximum Gasteiger partial charge on any atom is 0.317 e. The number of benzene rings is 1. The van der Waals surface area contributed by atoms with Crippen LogP contribution in [0.3, 0.4) is 0 Å². The zero-order valence-electron chi connectivity index (χ0n) is 21.9. The molecule has 1 N–H and O–H groups in total. The minimum absolute atomic E-state index is 0.000978. The lowest BCUT2D eigenvalue weighted by atomic mass is 9.49. The Labute approximate surface area is 215 Å². The maximum atomic E-state index is 13.6. The maximum absolute atomic E-state index is 13.6. The molecule has 0 aromatic heterocycles. The van der Waals surface area contributed by atoms with Crippen molar-refractivity contribution in [2.75, 3.05) is 45.8 Å². The van der Waals surface area contributed by atoms with E-state index in [1.165, 1.54) is 12.0 Å². The van der Waals surface area contributed by atoms with Crippen LogP contribution in [0.25, 0.3) is 0 Å². The van der Waals surface area contributed by atoms with Crippen molar-refractivity contribution in [1.82, 2.24) is 20.0 Å². The highest BCUT2D eigenvalue weighted by Crippen LogP contribution is 2.59. The first kappa shape index (κ1) is 26.0. The molecule has 1 saturated heterocycles. The summed E-state index contributed by atoms with van der Waals surface area (Å²) in [4.78, 5) is 32.3. The minimum atomic E-state index is -0.239. The van der Waals surface area contributed by atoms with Crippen molar-refractivity contribution < 1.29 is 9.59 Å². The molecule has 2 fully saturated rings. The number of amides is 3. The van der Waals surface area contributed by atoms with Crippen molar-refractivity contribution in [1.29, 1.82) is 0 Å². The molecule has 192 valence electrons. The van der Waals surface area contributed by atoms with Crippen molar-refractivity contribution in [3.8, 4) is 0 Å². The number of nitrogens with zero attached hydrogens (tertiary/aromatic N) is 3. The lowest BCUT2D eigenvalue weighted by molar-refractivity contribution is -0.0105. The van der Waals surface area contributed by atoms with Gasteiger partial charge >= 0.3 is 6.03 Å². The van der Waals surface area contributed by atoms with Crippen molar-refractivity contribution in [2.24, 2.45) is 17.3 Å². The van der Waals surface area contributed by atoms with Gasteiger partial charge in [-0.3, -0.25) is 9.69 Å². The quantitative estimate of drug-likeness (QED) is 0.565. The third kappa shape index (κ3) is 5.86. The number of allylic oxidation sites excluding steroid dienone is 1. The first-order chi connectivity index (χ1) is 16.5. The number of urea groups is 1. The number of carbonyl (C=O) groups excluding carboxylic acids is 2. The third-order valence-corrected chi connectivity index (χ3v) is 8.50. The highest BCUT2D eigenvalue weighted by molar-refractivity contribution is 6.33. The summed E-state index contributed by atoms with van der Waals surface area (Å²) in [5.41, 5.74) is 2.06. The van der Waals surface area contributed by atoms with E-state index < -0.39 is 0 Å². The molecule has 5 rings (SSSR count). The largest absolute Gasteiger partial charge is 0.333 e. The fourth-order valence-electron chi connectivity index (χ4n) is 5.77. The molecule has 1 aromatic carbocycles. The molecule has 4 aliphatic rings. The van der Waals surface area contributed by atoms with Crippen LogP contribution in [0.1, 0.15) is 57.8 Å². The van der Waals surface area contributed by atoms with Gasteiger partial charge in [0.1, 0.15) is 0 Å². The smallest absolute Gasteiger partial charge is 0.317 e. The summed E-state index contributed by atoms with van der Waals surface area (Å²) < 4.78 is 0. The number of carbonyl (C=O) groups is 2. The van der Waals surface area contributed by atoms with Gasteiger partial charge in [0.15, 0.2) is 0 Å². The zero-order valence-corrected chi connectivity index (χ0v) is 22.7. The molecule has 2 atom stereocenters. The van der Waals surface area contributed by atoms with Gasteiger partial charge in [-0.1, -0.05) is 49.2 Å². The molecular formula is C28H41ClN4O2. The van der Waals surface area contributed by atoms with E-state index in [0.29, 0.717) is 48.1 Å². The van der Waals surface area contributed by atoms with Gasteiger partial charge < -0.3 is 15.1 Å². The monoisotopic (exact) mass is 500 g/mol. The molecule has 6 nitrogen and oxygen atoms in total. The summed E-state index contributed by atoms with van der Waals surface area (Å²) in [6.45, 7) is 15.8. The van der Waals surface area contributed by atoms with Crippen LogP contribution in [-0.2, 0) is 0 Å². The molecule has 35 heavy (non-hydrogen) atoms. The first-order valence-corrected chi connectivity index (χ1v) is 13.4. The lowest BCUT2D eigenvalue weighted by Gasteiger charge is -2.57. The summed E-state index contributed by atoms with van der Waals surface area (Å²) in [7, 11) is 0. The number of rotatable bonds is 6. The van der Waals surface area contributed by atoms with Gasteiger partial charge in [-0.15, -0.1) is 0 Å². The number of nitrogens with one attached hydrogen (secondary N) is 1. The van der Waals surface area contributed by atoms with E-state index >= 15 is 0 Å². The lowest BCUT2D eigenvalue weighted by Crippen LogP contribution is -2.56. The Bertz CT molecular complexity index is 975. The Balaban J connectivity index is 1.39. The average Bonchev–Trinajstić information content (AvgIpc) is 2.81. The van der Waals surface area contributed by atoms with Gasteiger partial charge in [-0.05, 0) is 63.0 Å². The molecule has 3 amide bonds. The van der Waals surface area contributed by atoms with Gasteiger partial charge in [-0.2, -0.15) is 0 Å². The molecule has 3 aliphatic carbocycles. The second-order valence-corrected chi connectivity index (χ2v) is 12.4. The van der Waals surface area contributed by atoms with E-state index in [1.807, 2.05) is 48.8 Å². The van der Waals surface area contributed by atoms with Crippen LogP contribution in [0.2, 0.25) is 5.02 Å². The number of fused-ring (bicyclic) bond motifs is 1. The third-order valence-electron chi connectivity index (χ3n) is 8.18. The standard InChI is InChI=1S/C28H41ClN4O2/c1-27(2,3)30-26(35)32-15-12-31(13-16-32)14-17-33(25(34)22-8-6-7-9-24(22)29)19-20-10-11-21-18-23(20)28(21,4)5/h6-10,21,23H,11-19H2,1-5H3,(H,30,35). The van der Waals surface area contributed by atoms with Crippen LogP contribution >= 0.6 is 11.6 Å². The SMILES string of the molecule is CC(C)(C)NC(=O)N1CCN(CCN(CC2=CCC3CC2C3(C)C)C(=O)c2ccccc2Cl)CC1. The summed E-state index contributed by atoms with van der Waals surface area (Å²) in [6, 6.07) is 7.34. The van der Waals surface area contributed by atoms with E-state index in [-0.39, 0.29) is 17.5 Å². The fraction of sp³-hybridized carbons (Fsp3) is 0.643. The van der Waals surface area contributed by atoms with Gasteiger partial charge in [0.05, 0.1) is 10.6 Å². The topological polar surface area (TPSA) is 55.9 Å². The molecule has 2 bridgehead atoms. The second-order valence-electron chi connectivity index (χ2n) is 12.0. The summed E-state index contributed by atoms with van der Waals surface area (Å²) >= 11 is 6.41. The van der Waals surface area contributed by atoms with E-state index in [4.69, 9.17) is 11.6 Å². The van der Waals surface area contributed by atoms with Crippen molar-refractivity contribution >= 4 is 23.5 Å². The number of piperazine rings is 1. The van der Waals surface area contributed by atoms with Crippen molar-refractivity contribution in [3.63, 3.8) is 0 Å². The van der Waals surface area contributed by atoms with Gasteiger partial charge in [0.25, 0.3) is 5.91 Å². The van der Waals surface area contributed by atoms with Crippen molar-refractivity contribution in [2.45, 2.75) is 53.0 Å². The number of hydrogen-bond donors (Lipinski definition) is 1. The Kier molecular flexibility index (Phi) is 7.54. The first-order valence-electron chi connectivity index (χ1n) is 13.0. The molecule has 1 saturated carbocycles. The van der Waals surface area contributed by atoms with Crippen LogP contribution in [0.5, 0.6) is 0 Å². The average molecular weight is 501 g/mol. The highest BCUT2D eigenvalue weighted by atomic mass is 35.5. The summed E-state index contributed by atoms with van der Waals surface area (Å²) in [5, 5.41) is 3.55. The Morgan fingerprint density at radius 2 is 1.83 bits per heavy atom. The summed E-state index contributed by atoms with van der Waals surface area (Å²) in [5.74, 6) is 1.34. The Morgan fingerprint density at radius 1 is 1.14 bits per heavy atom. The normalized spacial score (nSPS) is 23.8. The van der Waals surface area contributed by atoms with Crippen LogP contribution in [-0.4, -0.2) is 78.0 Å². The van der Waals surface area contributed by atoms with Crippen LogP contribution in [0, 0.1) is 17.3 Å². The molecule has 2 unspecified atom stereocenters. The molecule has 0 radical (unpaired) electrons. The van der Waals surface area contributed by atoms with Crippen LogP contribution in [0.4, 0.5) is 4.79 Å². The van der Waals surface area contributed by atoms with Gasteiger partial charge in [0.2, 0.25) is 0 Å². The minimum Gasteiger partial charge on any atom is -0.333 e. The fourth-order valence-corrected chi connectivity index (χ4v) is 5.99. The Hall–Kier alpha value is -2.05. The van der Waals surface area contributed by atoms with Gasteiger partial charge in [-0.25, -0.2) is 4.79 Å².